The number of para-hydroxylation sites is 1. The highest BCUT2D eigenvalue weighted by Gasteiger charge is 2.42. The number of nitrogens with zero attached hydrogens (tertiary/aromatic N) is 4. The molecular formula is C35H32N6O5S. The first-order valence-corrected chi connectivity index (χ1v) is 15.3. The molecule has 0 aliphatic carbocycles. The summed E-state index contributed by atoms with van der Waals surface area (Å²) in [7, 11) is 1.50. The molecule has 47 heavy (non-hydrogen) atoms. The highest BCUT2D eigenvalue weighted by atomic mass is 32.1. The summed E-state index contributed by atoms with van der Waals surface area (Å²) >= 11 is 5.93. The number of pyridine rings is 1. The van der Waals surface area contributed by atoms with Gasteiger partial charge in [0, 0.05) is 35.0 Å². The normalized spacial score (nSPS) is 15.6. The average molecular weight is 649 g/mol. The molecule has 0 spiro atoms. The summed E-state index contributed by atoms with van der Waals surface area (Å²) in [5.74, 6) is 0.729. The average Bonchev–Trinajstić information content (AvgIpc) is 3.58. The summed E-state index contributed by atoms with van der Waals surface area (Å²) in [6.45, 7) is 3.88. The minimum Gasteiger partial charge on any atom is -0.494 e. The van der Waals surface area contributed by atoms with Crippen LogP contribution in [0.2, 0.25) is 0 Å². The number of hydrogen-bond donors (Lipinski definition) is 2. The second kappa shape index (κ2) is 13.3. The van der Waals surface area contributed by atoms with Crippen LogP contribution in [-0.2, 0) is 4.79 Å². The number of nitro benzene ring substituents is 1. The number of anilines is 2. The van der Waals surface area contributed by atoms with E-state index in [1.807, 2.05) is 79.1 Å². The van der Waals surface area contributed by atoms with Crippen LogP contribution < -0.4 is 25.0 Å². The fraction of sp³-hybridized carbons (Fsp3) is 0.171. The van der Waals surface area contributed by atoms with E-state index < -0.39 is 4.92 Å². The largest absolute Gasteiger partial charge is 0.494 e. The summed E-state index contributed by atoms with van der Waals surface area (Å²) in [5.41, 5.74) is 5.71. The predicted molar refractivity (Wildman–Crippen MR) is 183 cm³/mol. The Labute approximate surface area is 276 Å². The van der Waals surface area contributed by atoms with Gasteiger partial charge in [-0.1, -0.05) is 24.3 Å². The maximum absolute atomic E-state index is 12.6. The van der Waals surface area contributed by atoms with Crippen molar-refractivity contribution in [3.63, 3.8) is 0 Å². The van der Waals surface area contributed by atoms with Gasteiger partial charge in [-0.3, -0.25) is 19.9 Å². The van der Waals surface area contributed by atoms with Crippen LogP contribution in [0.1, 0.15) is 34.7 Å². The van der Waals surface area contributed by atoms with E-state index in [-0.39, 0.29) is 30.3 Å². The first kappa shape index (κ1) is 31.2. The Hall–Kier alpha value is -5.75. The van der Waals surface area contributed by atoms with Gasteiger partial charge in [0.15, 0.2) is 11.7 Å². The van der Waals surface area contributed by atoms with Crippen molar-refractivity contribution in [2.24, 2.45) is 0 Å². The molecule has 0 bridgehead atoms. The van der Waals surface area contributed by atoms with E-state index in [0.717, 1.165) is 28.3 Å². The summed E-state index contributed by atoms with van der Waals surface area (Å²) in [6, 6.07) is 28.5. The number of carbonyl (C=O) groups is 1. The van der Waals surface area contributed by atoms with Gasteiger partial charge >= 0.3 is 0 Å². The Morgan fingerprint density at radius 3 is 2.45 bits per heavy atom. The molecule has 0 radical (unpaired) electrons. The van der Waals surface area contributed by atoms with Gasteiger partial charge in [-0.2, -0.15) is 0 Å². The summed E-state index contributed by atoms with van der Waals surface area (Å²) in [5, 5.41) is 18.3. The first-order chi connectivity index (χ1) is 22.7. The maximum atomic E-state index is 12.6. The monoisotopic (exact) mass is 648 g/mol. The van der Waals surface area contributed by atoms with E-state index >= 15 is 0 Å². The lowest BCUT2D eigenvalue weighted by Gasteiger charge is -2.28. The molecule has 1 saturated heterocycles. The Kier molecular flexibility index (Phi) is 8.85. The van der Waals surface area contributed by atoms with Gasteiger partial charge in [0.1, 0.15) is 11.5 Å². The number of aromatic nitrogens is 2. The van der Waals surface area contributed by atoms with Crippen LogP contribution in [0.4, 0.5) is 17.1 Å². The zero-order chi connectivity index (χ0) is 33.1. The quantitative estimate of drug-likeness (QED) is 0.0979. The minimum atomic E-state index is -0.442. The lowest BCUT2D eigenvalue weighted by molar-refractivity contribution is -0.384. The number of benzene rings is 3. The number of amides is 1. The number of carbonyl (C=O) groups excluding carboxylic acids is 1. The second-order valence-corrected chi connectivity index (χ2v) is 11.4. The number of rotatable bonds is 10. The van der Waals surface area contributed by atoms with Crippen molar-refractivity contribution in [1.29, 1.82) is 0 Å². The van der Waals surface area contributed by atoms with Gasteiger partial charge in [0.2, 0.25) is 0 Å². The number of non-ortho nitro benzene ring substituents is 1. The van der Waals surface area contributed by atoms with Crippen LogP contribution in [0.15, 0.2) is 103 Å². The molecule has 0 saturated carbocycles. The Morgan fingerprint density at radius 2 is 1.77 bits per heavy atom. The molecule has 238 valence electrons. The van der Waals surface area contributed by atoms with Crippen molar-refractivity contribution in [3.8, 4) is 17.2 Å². The van der Waals surface area contributed by atoms with Gasteiger partial charge in [0.25, 0.3) is 11.6 Å². The third-order valence-corrected chi connectivity index (χ3v) is 8.36. The number of nitro groups is 1. The van der Waals surface area contributed by atoms with Crippen LogP contribution in [0.5, 0.6) is 11.5 Å². The SMILES string of the molecule is COc1cc([N+](=O)[O-])ccc1-n1c(C)cc([C@@H]2[C@@H](c3ccccn3)NC(=S)N2c2ccc(NC(=O)COc3ccccc3)cc2)c1C. The molecule has 1 aliphatic rings. The van der Waals surface area contributed by atoms with Crippen LogP contribution in [0.25, 0.3) is 5.69 Å². The summed E-state index contributed by atoms with van der Waals surface area (Å²) < 4.78 is 13.2. The molecule has 3 aromatic carbocycles. The molecule has 5 aromatic rings. The molecule has 1 aliphatic heterocycles. The molecule has 0 unspecified atom stereocenters. The molecule has 2 aromatic heterocycles. The highest BCUT2D eigenvalue weighted by Crippen LogP contribution is 2.44. The van der Waals surface area contributed by atoms with Crippen molar-refractivity contribution in [1.82, 2.24) is 14.9 Å². The van der Waals surface area contributed by atoms with Crippen molar-refractivity contribution in [2.75, 3.05) is 23.9 Å². The van der Waals surface area contributed by atoms with E-state index in [2.05, 4.69) is 26.6 Å². The number of aryl methyl sites for hydroxylation is 1. The van der Waals surface area contributed by atoms with Crippen molar-refractivity contribution < 1.29 is 19.2 Å². The van der Waals surface area contributed by atoms with Gasteiger partial charge in [-0.15, -0.1) is 0 Å². The van der Waals surface area contributed by atoms with E-state index in [4.69, 9.17) is 21.7 Å². The van der Waals surface area contributed by atoms with E-state index in [1.165, 1.54) is 19.2 Å². The molecule has 12 heteroatoms. The summed E-state index contributed by atoms with van der Waals surface area (Å²) in [6.07, 6.45) is 1.75. The van der Waals surface area contributed by atoms with Crippen LogP contribution in [0, 0.1) is 24.0 Å². The van der Waals surface area contributed by atoms with E-state index in [1.54, 1.807) is 24.4 Å². The van der Waals surface area contributed by atoms with Gasteiger partial charge in [-0.25, -0.2) is 0 Å². The van der Waals surface area contributed by atoms with Crippen molar-refractivity contribution in [3.05, 3.63) is 136 Å². The Morgan fingerprint density at radius 1 is 1.02 bits per heavy atom. The lowest BCUT2D eigenvalue weighted by Crippen LogP contribution is -2.29. The number of hydrogen-bond acceptors (Lipinski definition) is 7. The lowest BCUT2D eigenvalue weighted by atomic mass is 9.96. The molecule has 2 N–H and O–H groups in total. The summed E-state index contributed by atoms with van der Waals surface area (Å²) in [4.78, 5) is 30.3. The molecule has 1 fully saturated rings. The number of nitrogens with one attached hydrogen (secondary N) is 2. The predicted octanol–water partition coefficient (Wildman–Crippen LogP) is 6.60. The maximum Gasteiger partial charge on any atom is 0.273 e. The molecule has 11 nitrogen and oxygen atoms in total. The minimum absolute atomic E-state index is 0.0524. The van der Waals surface area contributed by atoms with Crippen LogP contribution in [0.3, 0.4) is 0 Å². The molecule has 3 heterocycles. The fourth-order valence-electron chi connectivity index (χ4n) is 5.94. The van der Waals surface area contributed by atoms with Gasteiger partial charge in [0.05, 0.1) is 41.6 Å². The van der Waals surface area contributed by atoms with Gasteiger partial charge < -0.3 is 29.6 Å². The zero-order valence-electron chi connectivity index (χ0n) is 25.9. The van der Waals surface area contributed by atoms with Crippen LogP contribution >= 0.6 is 12.2 Å². The van der Waals surface area contributed by atoms with Crippen molar-refractivity contribution in [2.45, 2.75) is 25.9 Å². The standard InChI is InChI=1S/C35H32N6O5S/c1-22-19-28(23(2)39(22)30-17-16-26(41(43)44)20-31(30)45-3)34-33(29-11-7-8-18-36-29)38-35(47)40(34)25-14-12-24(13-15-25)37-32(42)21-46-27-9-5-4-6-10-27/h4-20,33-34H,21H2,1-3H3,(H,37,42)(H,38,47)/t33-,34-/m1/s1. The topological polar surface area (TPSA) is 124 Å². The van der Waals surface area contributed by atoms with Gasteiger partial charge in [-0.05, 0) is 92.3 Å². The number of ether oxygens (including phenoxy) is 2. The molecular weight excluding hydrogens is 616 g/mol. The van der Waals surface area contributed by atoms with E-state index in [0.29, 0.717) is 28.0 Å². The van der Waals surface area contributed by atoms with E-state index in [9.17, 15) is 14.9 Å². The zero-order valence-corrected chi connectivity index (χ0v) is 26.7. The Balaban J connectivity index is 1.33. The molecule has 2 atom stereocenters. The third kappa shape index (κ3) is 6.36. The first-order valence-electron chi connectivity index (χ1n) is 14.8. The number of thiocarbonyl (C=S) groups is 1. The molecule has 1 amide bonds. The highest BCUT2D eigenvalue weighted by molar-refractivity contribution is 7.80. The van der Waals surface area contributed by atoms with Crippen LogP contribution in [-0.4, -0.2) is 39.2 Å². The third-order valence-electron chi connectivity index (χ3n) is 8.04. The fourth-order valence-corrected chi connectivity index (χ4v) is 6.29. The van der Waals surface area contributed by atoms with Crippen molar-refractivity contribution >= 4 is 40.3 Å². The second-order valence-electron chi connectivity index (χ2n) is 11.0. The smallest absolute Gasteiger partial charge is 0.273 e. The molecule has 6 rings (SSSR count). The Bertz CT molecular complexity index is 1930. The number of methoxy groups -OCH3 is 1.